The largest absolute Gasteiger partial charge is 0.455 e. The summed E-state index contributed by atoms with van der Waals surface area (Å²) in [5.41, 5.74) is 0.743. The van der Waals surface area contributed by atoms with Crippen LogP contribution in [0.1, 0.15) is 74.2 Å². The molecule has 28 heavy (non-hydrogen) atoms. The third-order valence-electron chi connectivity index (χ3n) is 5.78. The van der Waals surface area contributed by atoms with Gasteiger partial charge in [-0.05, 0) is 44.0 Å². The molecule has 0 N–H and O–H groups in total. The van der Waals surface area contributed by atoms with E-state index in [2.05, 4.69) is 37.6 Å². The van der Waals surface area contributed by atoms with Crippen molar-refractivity contribution in [3.05, 3.63) is 41.0 Å². The summed E-state index contributed by atoms with van der Waals surface area (Å²) >= 11 is 0. The van der Waals surface area contributed by atoms with E-state index in [4.69, 9.17) is 8.83 Å². The fourth-order valence-corrected chi connectivity index (χ4v) is 3.87. The van der Waals surface area contributed by atoms with E-state index in [0.29, 0.717) is 25.3 Å². The summed E-state index contributed by atoms with van der Waals surface area (Å²) < 4.78 is 11.8. The summed E-state index contributed by atoms with van der Waals surface area (Å²) in [5, 5.41) is 0. The molecule has 1 saturated heterocycles. The molecule has 2 aliphatic heterocycles. The van der Waals surface area contributed by atoms with Crippen LogP contribution < -0.4 is 0 Å². The van der Waals surface area contributed by atoms with Crippen molar-refractivity contribution in [1.82, 2.24) is 14.8 Å². The Morgan fingerprint density at radius 1 is 1.18 bits per heavy atom. The lowest BCUT2D eigenvalue weighted by molar-refractivity contribution is 0.0690. The second-order valence-electron chi connectivity index (χ2n) is 9.34. The van der Waals surface area contributed by atoms with Crippen molar-refractivity contribution in [1.29, 1.82) is 0 Å². The summed E-state index contributed by atoms with van der Waals surface area (Å²) in [4.78, 5) is 21.8. The van der Waals surface area contributed by atoms with Crippen LogP contribution in [0.15, 0.2) is 21.0 Å². The number of furan rings is 1. The predicted molar refractivity (Wildman–Crippen MR) is 106 cm³/mol. The number of amides is 1. The van der Waals surface area contributed by atoms with Crippen LogP contribution in [0.25, 0.3) is 0 Å². The first-order chi connectivity index (χ1) is 13.3. The number of rotatable bonds is 3. The fourth-order valence-electron chi connectivity index (χ4n) is 3.87. The third-order valence-corrected chi connectivity index (χ3v) is 5.78. The smallest absolute Gasteiger partial charge is 0.289 e. The van der Waals surface area contributed by atoms with Gasteiger partial charge in [0.15, 0.2) is 11.7 Å². The van der Waals surface area contributed by atoms with E-state index >= 15 is 0 Å². The van der Waals surface area contributed by atoms with E-state index in [1.165, 1.54) is 12.8 Å². The van der Waals surface area contributed by atoms with Crippen LogP contribution in [-0.4, -0.2) is 40.3 Å². The van der Waals surface area contributed by atoms with Crippen molar-refractivity contribution < 1.29 is 13.6 Å². The molecule has 0 bridgehead atoms. The summed E-state index contributed by atoms with van der Waals surface area (Å²) in [5.74, 6) is 3.68. The molecule has 0 unspecified atom stereocenters. The van der Waals surface area contributed by atoms with Gasteiger partial charge in [-0.3, -0.25) is 9.69 Å². The molecule has 4 heterocycles. The molecule has 0 atom stereocenters. The van der Waals surface area contributed by atoms with Gasteiger partial charge in [0.2, 0.25) is 0 Å². The first kappa shape index (κ1) is 19.2. The molecule has 6 nitrogen and oxygen atoms in total. The van der Waals surface area contributed by atoms with E-state index in [0.717, 1.165) is 48.7 Å². The highest BCUT2D eigenvalue weighted by Gasteiger charge is 2.30. The zero-order chi connectivity index (χ0) is 19.9. The Morgan fingerprint density at radius 3 is 2.64 bits per heavy atom. The van der Waals surface area contributed by atoms with Crippen molar-refractivity contribution in [2.45, 2.75) is 65.5 Å². The molecule has 6 heteroatoms. The first-order valence-corrected chi connectivity index (χ1v) is 10.4. The Morgan fingerprint density at radius 2 is 1.93 bits per heavy atom. The van der Waals surface area contributed by atoms with Crippen LogP contribution in [0.5, 0.6) is 0 Å². The highest BCUT2D eigenvalue weighted by atomic mass is 16.4. The highest BCUT2D eigenvalue weighted by Crippen LogP contribution is 2.28. The van der Waals surface area contributed by atoms with Crippen LogP contribution in [-0.2, 0) is 24.9 Å². The molecular formula is C22H31N3O3. The molecule has 0 radical (unpaired) electrons. The molecule has 1 fully saturated rings. The molecule has 0 aliphatic carbocycles. The molecular weight excluding hydrogens is 354 g/mol. The average Bonchev–Trinajstić information content (AvgIpc) is 3.29. The normalized spacial score (nSPS) is 19.1. The molecule has 2 aliphatic rings. The standard InChI is InChI=1S/C22H31N3O3/c1-15-7-10-24(11-8-15)13-16-5-6-19(27-16)20(26)25-12-9-18-17(14-25)23-21(28-18)22(2,3)4/h5-6,15H,7-14H2,1-4H3. The Labute approximate surface area is 166 Å². The van der Waals surface area contributed by atoms with Gasteiger partial charge in [-0.2, -0.15) is 0 Å². The van der Waals surface area contributed by atoms with Crippen LogP contribution in [0.3, 0.4) is 0 Å². The lowest BCUT2D eigenvalue weighted by Crippen LogP contribution is -2.35. The Kier molecular flexibility index (Phi) is 5.08. The zero-order valence-electron chi connectivity index (χ0n) is 17.5. The maximum atomic E-state index is 12.9. The zero-order valence-corrected chi connectivity index (χ0v) is 17.5. The van der Waals surface area contributed by atoms with E-state index in [1.54, 1.807) is 0 Å². The minimum absolute atomic E-state index is 0.0653. The number of piperidine rings is 1. The van der Waals surface area contributed by atoms with E-state index in [1.807, 2.05) is 17.0 Å². The summed E-state index contributed by atoms with van der Waals surface area (Å²) in [6.07, 6.45) is 3.16. The van der Waals surface area contributed by atoms with Gasteiger partial charge in [0.1, 0.15) is 17.2 Å². The topological polar surface area (TPSA) is 62.7 Å². The molecule has 2 aromatic heterocycles. The summed E-state index contributed by atoms with van der Waals surface area (Å²) in [7, 11) is 0. The second-order valence-corrected chi connectivity index (χ2v) is 9.34. The molecule has 2 aromatic rings. The molecule has 152 valence electrons. The predicted octanol–water partition coefficient (Wildman–Crippen LogP) is 4.00. The van der Waals surface area contributed by atoms with E-state index in [-0.39, 0.29) is 11.3 Å². The third kappa shape index (κ3) is 4.02. The molecule has 0 saturated carbocycles. The van der Waals surface area contributed by atoms with Crippen molar-refractivity contribution in [3.8, 4) is 0 Å². The van der Waals surface area contributed by atoms with Crippen LogP contribution in [0, 0.1) is 5.92 Å². The maximum Gasteiger partial charge on any atom is 0.289 e. The second kappa shape index (κ2) is 7.39. The Hall–Kier alpha value is -2.08. The number of aromatic nitrogens is 1. The van der Waals surface area contributed by atoms with Gasteiger partial charge in [-0.1, -0.05) is 27.7 Å². The SMILES string of the molecule is CC1CCN(Cc2ccc(C(=O)N3CCc4oc(C(C)(C)C)nc4C3)o2)CC1. The number of carbonyl (C=O) groups is 1. The molecule has 0 spiro atoms. The molecule has 1 amide bonds. The highest BCUT2D eigenvalue weighted by molar-refractivity contribution is 5.91. The summed E-state index contributed by atoms with van der Waals surface area (Å²) in [6, 6.07) is 3.75. The van der Waals surface area contributed by atoms with Crippen LogP contribution in [0.2, 0.25) is 0 Å². The van der Waals surface area contributed by atoms with Crippen molar-refractivity contribution in [2.24, 2.45) is 5.92 Å². The van der Waals surface area contributed by atoms with Gasteiger partial charge in [-0.25, -0.2) is 4.98 Å². The lowest BCUT2D eigenvalue weighted by atomic mass is 9.97. The number of oxazole rings is 1. The number of nitrogens with zero attached hydrogens (tertiary/aromatic N) is 3. The van der Waals surface area contributed by atoms with Gasteiger partial charge in [-0.15, -0.1) is 0 Å². The van der Waals surface area contributed by atoms with Gasteiger partial charge in [0.25, 0.3) is 5.91 Å². The first-order valence-electron chi connectivity index (χ1n) is 10.4. The Balaban J connectivity index is 1.40. The van der Waals surface area contributed by atoms with E-state index in [9.17, 15) is 4.79 Å². The number of hydrogen-bond acceptors (Lipinski definition) is 5. The molecule has 4 rings (SSSR count). The minimum Gasteiger partial charge on any atom is -0.455 e. The van der Waals surface area contributed by atoms with Crippen molar-refractivity contribution in [2.75, 3.05) is 19.6 Å². The van der Waals surface area contributed by atoms with Gasteiger partial charge < -0.3 is 13.7 Å². The Bertz CT molecular complexity index is 838. The number of carbonyl (C=O) groups excluding carboxylic acids is 1. The van der Waals surface area contributed by atoms with Gasteiger partial charge >= 0.3 is 0 Å². The number of likely N-dealkylation sites (tertiary alicyclic amines) is 1. The van der Waals surface area contributed by atoms with Crippen molar-refractivity contribution in [3.63, 3.8) is 0 Å². The summed E-state index contributed by atoms with van der Waals surface area (Å²) in [6.45, 7) is 12.7. The van der Waals surface area contributed by atoms with Gasteiger partial charge in [0, 0.05) is 18.4 Å². The minimum atomic E-state index is -0.131. The van der Waals surface area contributed by atoms with Crippen LogP contribution in [0.4, 0.5) is 0 Å². The quantitative estimate of drug-likeness (QED) is 0.799. The fraction of sp³-hybridized carbons (Fsp3) is 0.636. The lowest BCUT2D eigenvalue weighted by Gasteiger charge is -2.29. The molecule has 0 aromatic carbocycles. The van der Waals surface area contributed by atoms with Crippen molar-refractivity contribution >= 4 is 5.91 Å². The number of fused-ring (bicyclic) bond motifs is 1. The average molecular weight is 386 g/mol. The van der Waals surface area contributed by atoms with Gasteiger partial charge in [0.05, 0.1) is 13.1 Å². The van der Waals surface area contributed by atoms with Crippen LogP contribution >= 0.6 is 0 Å². The monoisotopic (exact) mass is 385 g/mol. The van der Waals surface area contributed by atoms with E-state index < -0.39 is 0 Å². The maximum absolute atomic E-state index is 12.9. The number of hydrogen-bond donors (Lipinski definition) is 0.